The van der Waals surface area contributed by atoms with Crippen molar-refractivity contribution in [3.8, 4) is 11.3 Å². The van der Waals surface area contributed by atoms with Gasteiger partial charge in [0.05, 0.1) is 5.69 Å². The van der Waals surface area contributed by atoms with Crippen molar-refractivity contribution >= 4 is 0 Å². The van der Waals surface area contributed by atoms with Crippen LogP contribution in [-0.4, -0.2) is 16.3 Å². The fourth-order valence-corrected chi connectivity index (χ4v) is 2.31. The second kappa shape index (κ2) is 7.20. The summed E-state index contributed by atoms with van der Waals surface area (Å²) in [6.45, 7) is 6.74. The van der Waals surface area contributed by atoms with Gasteiger partial charge in [-0.15, -0.1) is 0 Å². The van der Waals surface area contributed by atoms with Crippen molar-refractivity contribution in [2.75, 3.05) is 6.54 Å². The molecular weight excluding hydrogens is 253 g/mol. The first-order valence-electron chi connectivity index (χ1n) is 7.27. The van der Waals surface area contributed by atoms with E-state index in [9.17, 15) is 4.39 Å². The average Bonchev–Trinajstić information content (AvgIpc) is 2.88. The molecule has 0 unspecified atom stereocenters. The quantitative estimate of drug-likeness (QED) is 0.782. The highest BCUT2D eigenvalue weighted by Crippen LogP contribution is 2.24. The van der Waals surface area contributed by atoms with Gasteiger partial charge in [0, 0.05) is 24.8 Å². The van der Waals surface area contributed by atoms with Crippen molar-refractivity contribution in [3.63, 3.8) is 0 Å². The van der Waals surface area contributed by atoms with Crippen LogP contribution < -0.4 is 5.32 Å². The number of hydrogen-bond donors (Lipinski definition) is 1. The van der Waals surface area contributed by atoms with E-state index in [4.69, 9.17) is 0 Å². The molecule has 0 fully saturated rings. The Morgan fingerprint density at radius 3 is 2.80 bits per heavy atom. The molecule has 0 saturated carbocycles. The lowest BCUT2D eigenvalue weighted by atomic mass is 10.0. The molecule has 0 aliphatic heterocycles. The highest BCUT2D eigenvalue weighted by Gasteiger charge is 2.10. The van der Waals surface area contributed by atoms with Crippen LogP contribution in [0.15, 0.2) is 30.5 Å². The minimum absolute atomic E-state index is 0.191. The van der Waals surface area contributed by atoms with Crippen LogP contribution in [0.2, 0.25) is 0 Å². The molecule has 108 valence electrons. The molecule has 0 spiro atoms. The Kier molecular flexibility index (Phi) is 5.30. The van der Waals surface area contributed by atoms with Crippen molar-refractivity contribution in [2.24, 2.45) is 0 Å². The van der Waals surface area contributed by atoms with Gasteiger partial charge in [-0.2, -0.15) is 5.10 Å². The summed E-state index contributed by atoms with van der Waals surface area (Å²) in [7, 11) is 0. The van der Waals surface area contributed by atoms with E-state index in [1.54, 1.807) is 12.3 Å². The van der Waals surface area contributed by atoms with Crippen LogP contribution in [0, 0.1) is 5.82 Å². The van der Waals surface area contributed by atoms with Crippen molar-refractivity contribution in [3.05, 3.63) is 41.8 Å². The third-order valence-electron chi connectivity index (χ3n) is 3.24. The van der Waals surface area contributed by atoms with E-state index < -0.39 is 0 Å². The van der Waals surface area contributed by atoms with Gasteiger partial charge in [0.15, 0.2) is 0 Å². The van der Waals surface area contributed by atoms with E-state index in [1.165, 1.54) is 6.07 Å². The number of rotatable bonds is 7. The highest BCUT2D eigenvalue weighted by atomic mass is 19.1. The average molecular weight is 275 g/mol. The number of nitrogens with one attached hydrogen (secondary N) is 1. The van der Waals surface area contributed by atoms with Crippen molar-refractivity contribution in [2.45, 2.75) is 39.8 Å². The number of halogens is 1. The van der Waals surface area contributed by atoms with E-state index in [2.05, 4.69) is 24.3 Å². The van der Waals surface area contributed by atoms with Gasteiger partial charge in [0.25, 0.3) is 0 Å². The second-order valence-electron chi connectivity index (χ2n) is 4.92. The Balaban J connectivity index is 2.31. The van der Waals surface area contributed by atoms with E-state index in [0.29, 0.717) is 6.54 Å². The topological polar surface area (TPSA) is 29.9 Å². The first kappa shape index (κ1) is 14.7. The zero-order chi connectivity index (χ0) is 14.4. The maximum Gasteiger partial charge on any atom is 0.123 e. The first-order valence-corrected chi connectivity index (χ1v) is 7.27. The molecule has 0 bridgehead atoms. The normalized spacial score (nSPS) is 10.9. The van der Waals surface area contributed by atoms with Gasteiger partial charge in [-0.1, -0.05) is 13.8 Å². The van der Waals surface area contributed by atoms with Crippen LogP contribution in [0.4, 0.5) is 4.39 Å². The fraction of sp³-hybridized carbons (Fsp3) is 0.438. The summed E-state index contributed by atoms with van der Waals surface area (Å²) in [5.74, 6) is -0.191. The summed E-state index contributed by atoms with van der Waals surface area (Å²) in [5.41, 5.74) is 3.09. The van der Waals surface area contributed by atoms with Crippen molar-refractivity contribution < 1.29 is 4.39 Å². The number of hydrogen-bond acceptors (Lipinski definition) is 2. The van der Waals surface area contributed by atoms with Crippen molar-refractivity contribution in [1.82, 2.24) is 15.1 Å². The lowest BCUT2D eigenvalue weighted by Crippen LogP contribution is -2.15. The molecule has 1 aromatic heterocycles. The lowest BCUT2D eigenvalue weighted by Gasteiger charge is -2.12. The largest absolute Gasteiger partial charge is 0.313 e. The van der Waals surface area contributed by atoms with Gasteiger partial charge in [0.2, 0.25) is 0 Å². The standard InChI is InChI=1S/C16H22FN3/c1-3-8-18-12-13-11-14(17)5-6-15(13)16-7-9-19-20(16)10-4-2/h5-7,9,11,18H,3-4,8,10,12H2,1-2H3. The van der Waals surface area contributed by atoms with Gasteiger partial charge >= 0.3 is 0 Å². The van der Waals surface area contributed by atoms with Crippen LogP contribution in [0.5, 0.6) is 0 Å². The summed E-state index contributed by atoms with van der Waals surface area (Å²) in [6, 6.07) is 6.97. The molecule has 1 heterocycles. The van der Waals surface area contributed by atoms with Crippen LogP contribution in [0.3, 0.4) is 0 Å². The molecule has 2 rings (SSSR count). The second-order valence-corrected chi connectivity index (χ2v) is 4.92. The van der Waals surface area contributed by atoms with Gasteiger partial charge in [-0.3, -0.25) is 4.68 Å². The Labute approximate surface area is 119 Å². The SMILES string of the molecule is CCCNCc1cc(F)ccc1-c1ccnn1CCC. The number of benzene rings is 1. The highest BCUT2D eigenvalue weighted by molar-refractivity contribution is 5.64. The predicted octanol–water partition coefficient (Wildman–Crippen LogP) is 3.60. The molecule has 1 N–H and O–H groups in total. The van der Waals surface area contributed by atoms with Gasteiger partial charge in [0.1, 0.15) is 5.82 Å². The Morgan fingerprint density at radius 2 is 2.05 bits per heavy atom. The zero-order valence-corrected chi connectivity index (χ0v) is 12.2. The Morgan fingerprint density at radius 1 is 1.20 bits per heavy atom. The van der Waals surface area contributed by atoms with E-state index >= 15 is 0 Å². The monoisotopic (exact) mass is 275 g/mol. The molecular formula is C16H22FN3. The van der Waals surface area contributed by atoms with Gasteiger partial charge in [-0.05, 0) is 49.2 Å². The molecule has 0 saturated heterocycles. The summed E-state index contributed by atoms with van der Waals surface area (Å²) < 4.78 is 15.5. The smallest absolute Gasteiger partial charge is 0.123 e. The predicted molar refractivity (Wildman–Crippen MR) is 79.9 cm³/mol. The molecule has 0 amide bonds. The van der Waals surface area contributed by atoms with Gasteiger partial charge in [-0.25, -0.2) is 4.39 Å². The fourth-order valence-electron chi connectivity index (χ4n) is 2.31. The number of aromatic nitrogens is 2. The van der Waals surface area contributed by atoms with Crippen LogP contribution in [0.25, 0.3) is 11.3 Å². The van der Waals surface area contributed by atoms with E-state index in [-0.39, 0.29) is 5.82 Å². The maximum atomic E-state index is 13.5. The van der Waals surface area contributed by atoms with Crippen LogP contribution >= 0.6 is 0 Å². The number of aryl methyl sites for hydroxylation is 1. The minimum atomic E-state index is -0.191. The summed E-state index contributed by atoms with van der Waals surface area (Å²) in [6.07, 6.45) is 3.90. The molecule has 2 aromatic rings. The Hall–Kier alpha value is -1.68. The third-order valence-corrected chi connectivity index (χ3v) is 3.24. The summed E-state index contributed by atoms with van der Waals surface area (Å²) in [4.78, 5) is 0. The molecule has 0 radical (unpaired) electrons. The third kappa shape index (κ3) is 3.45. The zero-order valence-electron chi connectivity index (χ0n) is 12.2. The minimum Gasteiger partial charge on any atom is -0.313 e. The molecule has 0 atom stereocenters. The Bertz CT molecular complexity index is 548. The molecule has 4 heteroatoms. The lowest BCUT2D eigenvalue weighted by molar-refractivity contribution is 0.605. The molecule has 1 aromatic carbocycles. The molecule has 3 nitrogen and oxygen atoms in total. The molecule has 20 heavy (non-hydrogen) atoms. The molecule has 0 aliphatic rings. The first-order chi connectivity index (χ1) is 9.76. The van der Waals surface area contributed by atoms with E-state index in [0.717, 1.165) is 42.8 Å². The number of nitrogens with zero attached hydrogens (tertiary/aromatic N) is 2. The van der Waals surface area contributed by atoms with Crippen LogP contribution in [-0.2, 0) is 13.1 Å². The maximum absolute atomic E-state index is 13.5. The van der Waals surface area contributed by atoms with Crippen molar-refractivity contribution in [1.29, 1.82) is 0 Å². The summed E-state index contributed by atoms with van der Waals surface area (Å²) in [5, 5.41) is 7.68. The van der Waals surface area contributed by atoms with Crippen LogP contribution in [0.1, 0.15) is 32.3 Å². The van der Waals surface area contributed by atoms with Gasteiger partial charge < -0.3 is 5.32 Å². The van der Waals surface area contributed by atoms with E-state index in [1.807, 2.05) is 16.8 Å². The summed E-state index contributed by atoms with van der Waals surface area (Å²) >= 11 is 0. The molecule has 0 aliphatic carbocycles.